The normalized spacial score (nSPS) is 12.7. The number of halogens is 2. The number of imidazole rings is 1. The predicted molar refractivity (Wildman–Crippen MR) is 87.1 cm³/mol. The van der Waals surface area contributed by atoms with Crippen molar-refractivity contribution in [2.75, 3.05) is 0 Å². The minimum Gasteiger partial charge on any atom is -0.391 e. The second-order valence-corrected chi connectivity index (χ2v) is 5.70. The Labute approximate surface area is 136 Å². The Hall–Kier alpha value is -2.18. The van der Waals surface area contributed by atoms with E-state index in [9.17, 15) is 14.3 Å². The Balaban J connectivity index is 2.29. The molecule has 2 aromatic heterocycles. The van der Waals surface area contributed by atoms with Crippen LogP contribution in [0.4, 0.5) is 4.39 Å². The molecule has 7 heteroatoms. The van der Waals surface area contributed by atoms with Crippen molar-refractivity contribution < 1.29 is 9.50 Å². The van der Waals surface area contributed by atoms with Crippen LogP contribution in [0.5, 0.6) is 0 Å². The molecule has 0 aliphatic heterocycles. The summed E-state index contributed by atoms with van der Waals surface area (Å²) in [5.41, 5.74) is 1.76. The lowest BCUT2D eigenvalue weighted by molar-refractivity contribution is 0.150. The smallest absolute Gasteiger partial charge is 0.327 e. The highest BCUT2D eigenvalue weighted by atomic mass is 35.5. The summed E-state index contributed by atoms with van der Waals surface area (Å²) in [4.78, 5) is 19.0. The van der Waals surface area contributed by atoms with Gasteiger partial charge in [0.1, 0.15) is 5.82 Å². The van der Waals surface area contributed by atoms with E-state index in [0.29, 0.717) is 33.7 Å². The number of hydrogen-bond donors (Lipinski definition) is 2. The number of aromatic amines is 1. The van der Waals surface area contributed by atoms with Crippen LogP contribution in [0.3, 0.4) is 0 Å². The van der Waals surface area contributed by atoms with Gasteiger partial charge in [0.2, 0.25) is 0 Å². The van der Waals surface area contributed by atoms with Crippen molar-refractivity contribution >= 4 is 22.8 Å². The summed E-state index contributed by atoms with van der Waals surface area (Å²) in [7, 11) is 0. The van der Waals surface area contributed by atoms with Gasteiger partial charge in [0, 0.05) is 11.8 Å². The van der Waals surface area contributed by atoms with Crippen LogP contribution in [-0.2, 0) is 6.54 Å². The van der Waals surface area contributed by atoms with Gasteiger partial charge < -0.3 is 5.11 Å². The first-order valence-corrected chi connectivity index (χ1v) is 7.60. The Morgan fingerprint density at radius 3 is 2.74 bits per heavy atom. The van der Waals surface area contributed by atoms with Gasteiger partial charge in [-0.25, -0.2) is 14.2 Å². The summed E-state index contributed by atoms with van der Waals surface area (Å²) in [5, 5.41) is 10.3. The Morgan fingerprint density at radius 2 is 2.09 bits per heavy atom. The zero-order valence-corrected chi connectivity index (χ0v) is 13.1. The predicted octanol–water partition coefficient (Wildman–Crippen LogP) is 2.96. The van der Waals surface area contributed by atoms with Gasteiger partial charge in [0.15, 0.2) is 5.65 Å². The fourth-order valence-corrected chi connectivity index (χ4v) is 2.76. The van der Waals surface area contributed by atoms with Crippen LogP contribution in [-0.4, -0.2) is 25.7 Å². The second kappa shape index (κ2) is 6.14. The average molecular weight is 336 g/mol. The van der Waals surface area contributed by atoms with Crippen molar-refractivity contribution in [1.29, 1.82) is 0 Å². The maximum absolute atomic E-state index is 13.2. The molecule has 1 unspecified atom stereocenters. The maximum Gasteiger partial charge on any atom is 0.327 e. The molecule has 0 radical (unpaired) electrons. The summed E-state index contributed by atoms with van der Waals surface area (Å²) >= 11 is 6.28. The van der Waals surface area contributed by atoms with Crippen molar-refractivity contribution in [3.63, 3.8) is 0 Å². The quantitative estimate of drug-likeness (QED) is 0.770. The molecule has 0 saturated heterocycles. The van der Waals surface area contributed by atoms with Gasteiger partial charge >= 0.3 is 5.69 Å². The summed E-state index contributed by atoms with van der Waals surface area (Å²) in [5.74, 6) is -0.358. The molecule has 2 N–H and O–H groups in total. The molecule has 0 aliphatic rings. The fourth-order valence-electron chi connectivity index (χ4n) is 2.51. The second-order valence-electron chi connectivity index (χ2n) is 5.29. The Kier molecular flexibility index (Phi) is 4.19. The largest absolute Gasteiger partial charge is 0.391 e. The van der Waals surface area contributed by atoms with Crippen LogP contribution in [0.1, 0.15) is 13.3 Å². The molecule has 0 fully saturated rings. The monoisotopic (exact) mass is 335 g/mol. The molecule has 3 rings (SSSR count). The molecular weight excluding hydrogens is 321 g/mol. The first-order valence-electron chi connectivity index (χ1n) is 7.22. The zero-order valence-electron chi connectivity index (χ0n) is 12.4. The third-order valence-corrected chi connectivity index (χ3v) is 4.03. The number of pyridine rings is 1. The lowest BCUT2D eigenvalue weighted by Gasteiger charge is -2.12. The third-order valence-electron chi connectivity index (χ3n) is 3.74. The SMILES string of the molecule is CCC(O)Cn1c(=O)[nH]c2ncc(Cl)c(-c3ccc(F)cc3)c21. The molecule has 5 nitrogen and oxygen atoms in total. The lowest BCUT2D eigenvalue weighted by atomic mass is 10.1. The van der Waals surface area contributed by atoms with Crippen molar-refractivity contribution in [1.82, 2.24) is 14.5 Å². The van der Waals surface area contributed by atoms with Gasteiger partial charge in [-0.05, 0) is 24.1 Å². The minimum absolute atomic E-state index is 0.131. The number of H-pyrrole nitrogens is 1. The van der Waals surface area contributed by atoms with Crippen LogP contribution in [0, 0.1) is 5.82 Å². The number of fused-ring (bicyclic) bond motifs is 1. The van der Waals surface area contributed by atoms with Crippen LogP contribution in [0.15, 0.2) is 35.3 Å². The van der Waals surface area contributed by atoms with Crippen LogP contribution >= 0.6 is 11.6 Å². The molecule has 0 amide bonds. The van der Waals surface area contributed by atoms with E-state index >= 15 is 0 Å². The summed E-state index contributed by atoms with van der Waals surface area (Å²) in [6, 6.07) is 5.84. The average Bonchev–Trinajstić information content (AvgIpc) is 2.84. The molecule has 2 heterocycles. The summed E-state index contributed by atoms with van der Waals surface area (Å²) < 4.78 is 14.6. The van der Waals surface area contributed by atoms with E-state index < -0.39 is 6.10 Å². The molecule has 1 aromatic carbocycles. The standard InChI is InChI=1S/C16H15ClFN3O2/c1-2-11(22)8-21-14-13(9-3-5-10(18)6-4-9)12(17)7-19-15(14)20-16(21)23/h3-7,11,22H,2,8H2,1H3,(H,19,20,23). The van der Waals surface area contributed by atoms with Gasteiger partial charge in [0.25, 0.3) is 0 Å². The first kappa shape index (κ1) is 15.7. The fraction of sp³-hybridized carbons (Fsp3) is 0.250. The van der Waals surface area contributed by atoms with Crippen LogP contribution in [0.25, 0.3) is 22.3 Å². The van der Waals surface area contributed by atoms with Crippen LogP contribution in [0.2, 0.25) is 5.02 Å². The van der Waals surface area contributed by atoms with E-state index in [4.69, 9.17) is 11.6 Å². The van der Waals surface area contributed by atoms with E-state index in [-0.39, 0.29) is 18.1 Å². The molecular formula is C16H15ClFN3O2. The molecule has 3 aromatic rings. The molecule has 0 bridgehead atoms. The minimum atomic E-state index is -0.660. The number of aromatic nitrogens is 3. The van der Waals surface area contributed by atoms with E-state index in [1.54, 1.807) is 12.1 Å². The van der Waals surface area contributed by atoms with Gasteiger partial charge in [-0.1, -0.05) is 30.7 Å². The Morgan fingerprint density at radius 1 is 1.39 bits per heavy atom. The van der Waals surface area contributed by atoms with Crippen LogP contribution < -0.4 is 5.69 Å². The number of nitrogens with zero attached hydrogens (tertiary/aromatic N) is 2. The lowest BCUT2D eigenvalue weighted by Crippen LogP contribution is -2.24. The topological polar surface area (TPSA) is 70.9 Å². The van der Waals surface area contributed by atoms with E-state index in [1.165, 1.54) is 22.9 Å². The van der Waals surface area contributed by atoms with E-state index in [1.807, 2.05) is 6.92 Å². The first-order chi connectivity index (χ1) is 11.0. The highest BCUT2D eigenvalue weighted by molar-refractivity contribution is 6.34. The summed E-state index contributed by atoms with van der Waals surface area (Å²) in [6.45, 7) is 1.96. The molecule has 0 aliphatic carbocycles. The zero-order chi connectivity index (χ0) is 16.6. The number of rotatable bonds is 4. The molecule has 23 heavy (non-hydrogen) atoms. The maximum atomic E-state index is 13.2. The highest BCUT2D eigenvalue weighted by Crippen LogP contribution is 2.33. The summed E-state index contributed by atoms with van der Waals surface area (Å²) in [6.07, 6.45) is 1.30. The van der Waals surface area contributed by atoms with Gasteiger partial charge in [-0.3, -0.25) is 9.55 Å². The molecule has 0 spiro atoms. The van der Waals surface area contributed by atoms with Crippen molar-refractivity contribution in [3.8, 4) is 11.1 Å². The number of nitrogens with one attached hydrogen (secondary N) is 1. The highest BCUT2D eigenvalue weighted by Gasteiger charge is 2.18. The molecule has 1 atom stereocenters. The van der Waals surface area contributed by atoms with E-state index in [0.717, 1.165) is 0 Å². The molecule has 120 valence electrons. The Bertz CT molecular complexity index is 902. The number of aliphatic hydroxyl groups excluding tert-OH is 1. The number of hydrogen-bond acceptors (Lipinski definition) is 3. The third kappa shape index (κ3) is 2.87. The van der Waals surface area contributed by atoms with E-state index in [2.05, 4.69) is 9.97 Å². The van der Waals surface area contributed by atoms with Crippen molar-refractivity contribution in [3.05, 3.63) is 51.8 Å². The van der Waals surface area contributed by atoms with Gasteiger partial charge in [0.05, 0.1) is 23.2 Å². The van der Waals surface area contributed by atoms with Gasteiger partial charge in [-0.2, -0.15) is 0 Å². The molecule has 0 saturated carbocycles. The van der Waals surface area contributed by atoms with Gasteiger partial charge in [-0.15, -0.1) is 0 Å². The number of aliphatic hydroxyl groups is 1. The van der Waals surface area contributed by atoms with Crippen molar-refractivity contribution in [2.45, 2.75) is 26.0 Å². The van der Waals surface area contributed by atoms with Crippen molar-refractivity contribution in [2.24, 2.45) is 0 Å². The number of benzene rings is 1.